The van der Waals surface area contributed by atoms with Crippen molar-refractivity contribution >= 4 is 44.5 Å². The van der Waals surface area contributed by atoms with E-state index in [-0.39, 0.29) is 0 Å². The van der Waals surface area contributed by atoms with Crippen LogP contribution in [0, 0.1) is 10.5 Å². The summed E-state index contributed by atoms with van der Waals surface area (Å²) in [6.45, 7) is 6.73. The summed E-state index contributed by atoms with van der Waals surface area (Å²) in [4.78, 5) is 0. The highest BCUT2D eigenvalue weighted by Gasteiger charge is 2.15. The Morgan fingerprint density at radius 2 is 1.40 bits per heavy atom. The second-order valence-corrected chi connectivity index (χ2v) is 8.24. The Morgan fingerprint density at radius 1 is 0.760 bits per heavy atom. The van der Waals surface area contributed by atoms with Crippen molar-refractivity contribution in [2.24, 2.45) is 0 Å². The molecule has 0 spiro atoms. The molecule has 2 aromatic carbocycles. The first-order valence-corrected chi connectivity index (χ1v) is 10.9. The SMILES string of the molecule is CCCCCCc1ccc2c(oc3c(C)c(CCCC)ccc32)c1I. The zero-order valence-corrected chi connectivity index (χ0v) is 17.9. The predicted molar refractivity (Wildman–Crippen MR) is 118 cm³/mol. The number of fused-ring (bicyclic) bond motifs is 3. The normalized spacial score (nSPS) is 11.7. The number of hydrogen-bond acceptors (Lipinski definition) is 1. The van der Waals surface area contributed by atoms with Gasteiger partial charge in [-0.2, -0.15) is 0 Å². The first kappa shape index (κ1) is 18.8. The number of halogens is 1. The highest BCUT2D eigenvalue weighted by Crippen LogP contribution is 2.36. The van der Waals surface area contributed by atoms with E-state index in [0.717, 1.165) is 24.0 Å². The van der Waals surface area contributed by atoms with Crippen LogP contribution in [0.15, 0.2) is 28.7 Å². The lowest BCUT2D eigenvalue weighted by Crippen LogP contribution is -1.90. The van der Waals surface area contributed by atoms with Crippen LogP contribution in [0.3, 0.4) is 0 Å². The van der Waals surface area contributed by atoms with E-state index in [1.54, 1.807) is 0 Å². The van der Waals surface area contributed by atoms with E-state index in [1.165, 1.54) is 69.6 Å². The molecule has 0 amide bonds. The van der Waals surface area contributed by atoms with Crippen LogP contribution in [0.4, 0.5) is 0 Å². The van der Waals surface area contributed by atoms with Gasteiger partial charge in [-0.25, -0.2) is 0 Å². The third-order valence-electron chi connectivity index (χ3n) is 5.29. The van der Waals surface area contributed by atoms with Crippen molar-refractivity contribution in [1.29, 1.82) is 0 Å². The van der Waals surface area contributed by atoms with Crippen molar-refractivity contribution in [2.75, 3.05) is 0 Å². The highest BCUT2D eigenvalue weighted by atomic mass is 127. The molecule has 0 bridgehead atoms. The summed E-state index contributed by atoms with van der Waals surface area (Å²) < 4.78 is 7.70. The molecule has 1 nitrogen and oxygen atoms in total. The van der Waals surface area contributed by atoms with Gasteiger partial charge in [0.1, 0.15) is 11.2 Å². The molecule has 25 heavy (non-hydrogen) atoms. The standard InChI is InChI=1S/C23H29IO/c1-4-6-8-9-11-18-13-15-20-19-14-12-17(10-7-5-2)16(3)22(19)25-23(20)21(18)24/h12-15H,4-11H2,1-3H3. The maximum absolute atomic E-state index is 6.40. The van der Waals surface area contributed by atoms with E-state index in [4.69, 9.17) is 4.42 Å². The summed E-state index contributed by atoms with van der Waals surface area (Å²) in [5.74, 6) is 0. The molecule has 2 heteroatoms. The van der Waals surface area contributed by atoms with Gasteiger partial charge in [0.25, 0.3) is 0 Å². The summed E-state index contributed by atoms with van der Waals surface area (Å²) >= 11 is 2.48. The minimum absolute atomic E-state index is 1.08. The fourth-order valence-electron chi connectivity index (χ4n) is 3.66. The fraction of sp³-hybridized carbons (Fsp3) is 0.478. The summed E-state index contributed by atoms with van der Waals surface area (Å²) in [5.41, 5.74) is 6.36. The first-order chi connectivity index (χ1) is 12.2. The Morgan fingerprint density at radius 3 is 2.12 bits per heavy atom. The minimum atomic E-state index is 1.08. The van der Waals surface area contributed by atoms with Crippen molar-refractivity contribution in [1.82, 2.24) is 0 Å². The number of unbranched alkanes of at least 4 members (excludes halogenated alkanes) is 4. The molecule has 134 valence electrons. The largest absolute Gasteiger partial charge is 0.455 e. The zero-order chi connectivity index (χ0) is 17.8. The molecule has 1 aromatic heterocycles. The van der Waals surface area contributed by atoms with Gasteiger partial charge in [0.05, 0.1) is 3.57 Å². The van der Waals surface area contributed by atoms with Crippen LogP contribution in [-0.2, 0) is 12.8 Å². The lowest BCUT2D eigenvalue weighted by molar-refractivity contribution is 0.653. The average Bonchev–Trinajstić information content (AvgIpc) is 3.00. The lowest BCUT2D eigenvalue weighted by Gasteiger charge is -2.05. The average molecular weight is 448 g/mol. The molecule has 0 aliphatic heterocycles. The smallest absolute Gasteiger partial charge is 0.149 e. The Bertz CT molecular complexity index is 860. The van der Waals surface area contributed by atoms with Gasteiger partial charge in [0.15, 0.2) is 0 Å². The number of furan rings is 1. The number of aryl methyl sites for hydroxylation is 3. The van der Waals surface area contributed by atoms with Gasteiger partial charge < -0.3 is 4.42 Å². The number of hydrogen-bond donors (Lipinski definition) is 0. The second-order valence-electron chi connectivity index (χ2n) is 7.16. The first-order valence-electron chi connectivity index (χ1n) is 9.79. The summed E-state index contributed by atoms with van der Waals surface area (Å²) in [5, 5.41) is 2.53. The van der Waals surface area contributed by atoms with Crippen LogP contribution in [-0.4, -0.2) is 0 Å². The van der Waals surface area contributed by atoms with Gasteiger partial charge >= 0.3 is 0 Å². The minimum Gasteiger partial charge on any atom is -0.455 e. The highest BCUT2D eigenvalue weighted by molar-refractivity contribution is 14.1. The van der Waals surface area contributed by atoms with Crippen LogP contribution in [0.2, 0.25) is 0 Å². The fourth-order valence-corrected chi connectivity index (χ4v) is 4.51. The van der Waals surface area contributed by atoms with E-state index >= 15 is 0 Å². The van der Waals surface area contributed by atoms with E-state index in [1.807, 2.05) is 0 Å². The molecule has 0 N–H and O–H groups in total. The van der Waals surface area contributed by atoms with E-state index < -0.39 is 0 Å². The predicted octanol–water partition coefficient (Wildman–Crippen LogP) is 7.96. The van der Waals surface area contributed by atoms with Gasteiger partial charge in [-0.05, 0) is 71.9 Å². The summed E-state index contributed by atoms with van der Waals surface area (Å²) in [7, 11) is 0. The zero-order valence-electron chi connectivity index (χ0n) is 15.8. The molecule has 0 saturated carbocycles. The molecule has 0 saturated heterocycles. The van der Waals surface area contributed by atoms with E-state index in [9.17, 15) is 0 Å². The van der Waals surface area contributed by atoms with Crippen molar-refractivity contribution in [2.45, 2.75) is 72.1 Å². The third-order valence-corrected chi connectivity index (χ3v) is 6.47. The van der Waals surface area contributed by atoms with Crippen molar-refractivity contribution in [3.63, 3.8) is 0 Å². The molecule has 3 rings (SSSR count). The van der Waals surface area contributed by atoms with Gasteiger partial charge in [-0.1, -0.05) is 63.8 Å². The Labute approximate surface area is 165 Å². The molecule has 0 aliphatic rings. The van der Waals surface area contributed by atoms with Crippen LogP contribution < -0.4 is 0 Å². The van der Waals surface area contributed by atoms with Gasteiger partial charge in [0, 0.05) is 10.8 Å². The van der Waals surface area contributed by atoms with Crippen LogP contribution in [0.1, 0.15) is 69.1 Å². The maximum Gasteiger partial charge on any atom is 0.149 e. The van der Waals surface area contributed by atoms with Crippen molar-refractivity contribution in [3.05, 3.63) is 44.5 Å². The van der Waals surface area contributed by atoms with Crippen molar-refractivity contribution < 1.29 is 4.42 Å². The Hall–Kier alpha value is -1.03. The Kier molecular flexibility index (Phi) is 6.43. The van der Waals surface area contributed by atoms with Crippen molar-refractivity contribution in [3.8, 4) is 0 Å². The summed E-state index contributed by atoms with van der Waals surface area (Å²) in [6, 6.07) is 9.14. The molecular weight excluding hydrogens is 419 g/mol. The molecule has 0 fully saturated rings. The third kappa shape index (κ3) is 3.89. The second kappa shape index (κ2) is 8.57. The monoisotopic (exact) mass is 448 g/mol. The van der Waals surface area contributed by atoms with Crippen LogP contribution in [0.5, 0.6) is 0 Å². The molecular formula is C23H29IO. The quantitative estimate of drug-likeness (QED) is 0.252. The molecule has 3 aromatic rings. The topological polar surface area (TPSA) is 13.1 Å². The molecule has 0 aliphatic carbocycles. The molecule has 1 heterocycles. The molecule has 0 unspecified atom stereocenters. The molecule has 0 radical (unpaired) electrons. The Balaban J connectivity index is 1.98. The van der Waals surface area contributed by atoms with Crippen LogP contribution in [0.25, 0.3) is 21.9 Å². The number of rotatable bonds is 8. The number of benzene rings is 2. The van der Waals surface area contributed by atoms with Gasteiger partial charge in [-0.15, -0.1) is 0 Å². The molecule has 0 atom stereocenters. The lowest BCUT2D eigenvalue weighted by atomic mass is 9.99. The maximum atomic E-state index is 6.40. The van der Waals surface area contributed by atoms with E-state index in [2.05, 4.69) is 67.6 Å². The van der Waals surface area contributed by atoms with Crippen LogP contribution >= 0.6 is 22.6 Å². The van der Waals surface area contributed by atoms with Gasteiger partial charge in [-0.3, -0.25) is 0 Å². The van der Waals surface area contributed by atoms with E-state index in [0.29, 0.717) is 0 Å². The summed E-state index contributed by atoms with van der Waals surface area (Å²) in [6.07, 6.45) is 10.0. The van der Waals surface area contributed by atoms with Gasteiger partial charge in [0.2, 0.25) is 0 Å².